The second kappa shape index (κ2) is 24.9. The van der Waals surface area contributed by atoms with Crippen LogP contribution in [0.2, 0.25) is 0 Å². The van der Waals surface area contributed by atoms with Crippen LogP contribution in [0.4, 0.5) is 28.4 Å². The van der Waals surface area contributed by atoms with Gasteiger partial charge in [0.15, 0.2) is 0 Å². The van der Waals surface area contributed by atoms with Crippen molar-refractivity contribution in [2.75, 3.05) is 28.0 Å². The average molecular weight is 762 g/mol. The third kappa shape index (κ3) is 14.5. The van der Waals surface area contributed by atoms with Gasteiger partial charge < -0.3 is 4.90 Å². The predicted octanol–water partition coefficient (Wildman–Crippen LogP) is 14.2. The standard InChI is InChI=1S/C51H63N5O/c1-3-5-7-9-11-13-21-39-54(47-23-17-15-18-24-47)52-41-44-27-35-50(36-28-44)56(49-25-19-16-20-26-49)51-37-29-45(30-38-51)42-53-55(40-22-14-12-10-8-6-4-2)48-33-31-46(43-57)32-34-48/h15-20,23-38,41-43H,3-14,21-22,39-40H2,1-2H3/b52-41+,53-42+. The minimum Gasteiger partial charge on any atom is -0.311 e. The molecular weight excluding hydrogens is 699 g/mol. The molecule has 0 fully saturated rings. The summed E-state index contributed by atoms with van der Waals surface area (Å²) in [5.74, 6) is 0. The number of hydrazone groups is 2. The highest BCUT2D eigenvalue weighted by Gasteiger charge is 2.13. The Bertz CT molecular complexity index is 1870. The van der Waals surface area contributed by atoms with Gasteiger partial charge in [-0.25, -0.2) is 0 Å². The fourth-order valence-electron chi connectivity index (χ4n) is 6.99. The molecule has 0 amide bonds. The highest BCUT2D eigenvalue weighted by atomic mass is 16.1. The van der Waals surface area contributed by atoms with Gasteiger partial charge in [-0.05, 0) is 96.8 Å². The van der Waals surface area contributed by atoms with E-state index in [9.17, 15) is 4.79 Å². The first-order chi connectivity index (χ1) is 28.2. The summed E-state index contributed by atoms with van der Waals surface area (Å²) in [6, 6.07) is 45.9. The number of benzene rings is 5. The van der Waals surface area contributed by atoms with Crippen molar-refractivity contribution in [1.29, 1.82) is 0 Å². The molecule has 5 aromatic carbocycles. The molecule has 0 spiro atoms. The summed E-state index contributed by atoms with van der Waals surface area (Å²) in [5.41, 5.74) is 8.08. The summed E-state index contributed by atoms with van der Waals surface area (Å²) < 4.78 is 0. The summed E-state index contributed by atoms with van der Waals surface area (Å²) in [6.45, 7) is 6.26. The van der Waals surface area contributed by atoms with E-state index in [4.69, 9.17) is 10.2 Å². The van der Waals surface area contributed by atoms with Gasteiger partial charge in [0.05, 0.1) is 23.8 Å². The lowest BCUT2D eigenvalue weighted by Gasteiger charge is -2.25. The molecule has 0 aliphatic heterocycles. The number of carbonyl (C=O) groups is 1. The lowest BCUT2D eigenvalue weighted by atomic mass is 10.1. The molecule has 0 N–H and O–H groups in total. The van der Waals surface area contributed by atoms with Gasteiger partial charge in [0, 0.05) is 35.7 Å². The van der Waals surface area contributed by atoms with E-state index in [1.54, 1.807) is 0 Å². The molecule has 0 aliphatic carbocycles. The summed E-state index contributed by atoms with van der Waals surface area (Å²) >= 11 is 0. The molecule has 5 rings (SSSR count). The zero-order valence-corrected chi connectivity index (χ0v) is 34.4. The number of aldehydes is 1. The molecule has 0 saturated heterocycles. The topological polar surface area (TPSA) is 51.5 Å². The van der Waals surface area contributed by atoms with E-state index in [-0.39, 0.29) is 0 Å². The first-order valence-electron chi connectivity index (χ1n) is 21.5. The number of carbonyl (C=O) groups excluding carboxylic acids is 1. The van der Waals surface area contributed by atoms with Crippen LogP contribution in [-0.4, -0.2) is 31.8 Å². The van der Waals surface area contributed by atoms with Crippen molar-refractivity contribution in [3.8, 4) is 0 Å². The molecule has 0 atom stereocenters. The van der Waals surface area contributed by atoms with Crippen LogP contribution in [0.15, 0.2) is 144 Å². The Labute approximate surface area is 342 Å². The molecule has 6 heteroatoms. The number of hydrogen-bond acceptors (Lipinski definition) is 6. The molecule has 0 radical (unpaired) electrons. The lowest BCUT2D eigenvalue weighted by Crippen LogP contribution is -2.18. The molecule has 5 aromatic rings. The van der Waals surface area contributed by atoms with Gasteiger partial charge >= 0.3 is 0 Å². The number of nitrogens with zero attached hydrogens (tertiary/aromatic N) is 5. The number of rotatable bonds is 26. The van der Waals surface area contributed by atoms with Crippen molar-refractivity contribution in [2.24, 2.45) is 10.2 Å². The van der Waals surface area contributed by atoms with Gasteiger partial charge in [0.2, 0.25) is 0 Å². The molecule has 0 heterocycles. The van der Waals surface area contributed by atoms with E-state index >= 15 is 0 Å². The van der Waals surface area contributed by atoms with Crippen molar-refractivity contribution in [1.82, 2.24) is 0 Å². The highest BCUT2D eigenvalue weighted by Crippen LogP contribution is 2.34. The normalized spacial score (nSPS) is 11.3. The quantitative estimate of drug-likeness (QED) is 0.0244. The molecule has 57 heavy (non-hydrogen) atoms. The Balaban J connectivity index is 1.28. The second-order valence-corrected chi connectivity index (χ2v) is 14.9. The van der Waals surface area contributed by atoms with Gasteiger partial charge in [-0.1, -0.05) is 152 Å². The van der Waals surface area contributed by atoms with Crippen LogP contribution in [0.1, 0.15) is 125 Å². The van der Waals surface area contributed by atoms with Crippen LogP contribution in [0.3, 0.4) is 0 Å². The van der Waals surface area contributed by atoms with Crippen LogP contribution in [0.25, 0.3) is 0 Å². The SMILES string of the molecule is CCCCCCCCCN(/N=C/c1ccc(N(c2ccccc2)c2ccc(/C=N/N(CCCCCCCCC)c3ccc(C=O)cc3)cc2)cc1)c1ccccc1. The molecule has 0 aliphatic rings. The maximum Gasteiger partial charge on any atom is 0.150 e. The Hall–Kier alpha value is -5.49. The fraction of sp³-hybridized carbons (Fsp3) is 0.353. The first-order valence-corrected chi connectivity index (χ1v) is 21.5. The van der Waals surface area contributed by atoms with Gasteiger partial charge in [0.25, 0.3) is 0 Å². The first kappa shape index (κ1) is 42.6. The zero-order chi connectivity index (χ0) is 39.8. The molecule has 0 aromatic heterocycles. The van der Waals surface area contributed by atoms with E-state index in [0.717, 1.165) is 71.8 Å². The summed E-state index contributed by atoms with van der Waals surface area (Å²) in [7, 11) is 0. The zero-order valence-electron chi connectivity index (χ0n) is 34.4. The molecule has 0 unspecified atom stereocenters. The van der Waals surface area contributed by atoms with E-state index in [2.05, 4.69) is 138 Å². The number of hydrogen-bond donors (Lipinski definition) is 0. The lowest BCUT2D eigenvalue weighted by molar-refractivity contribution is 0.112. The minimum atomic E-state index is 0.670. The molecule has 6 nitrogen and oxygen atoms in total. The Morgan fingerprint density at radius 1 is 0.386 bits per heavy atom. The Morgan fingerprint density at radius 3 is 1.14 bits per heavy atom. The van der Waals surface area contributed by atoms with Crippen molar-refractivity contribution >= 4 is 47.2 Å². The van der Waals surface area contributed by atoms with E-state index in [1.165, 1.54) is 77.0 Å². The van der Waals surface area contributed by atoms with Gasteiger partial charge in [0.1, 0.15) is 6.29 Å². The largest absolute Gasteiger partial charge is 0.311 e. The Morgan fingerprint density at radius 2 is 0.719 bits per heavy atom. The van der Waals surface area contributed by atoms with Crippen LogP contribution in [0, 0.1) is 0 Å². The van der Waals surface area contributed by atoms with Crippen LogP contribution >= 0.6 is 0 Å². The van der Waals surface area contributed by atoms with E-state index < -0.39 is 0 Å². The highest BCUT2D eigenvalue weighted by molar-refractivity contribution is 5.85. The molecule has 298 valence electrons. The summed E-state index contributed by atoms with van der Waals surface area (Å²) in [5, 5.41) is 14.1. The molecular formula is C51H63N5O. The van der Waals surface area contributed by atoms with Gasteiger partial charge in [-0.15, -0.1) is 0 Å². The third-order valence-electron chi connectivity index (χ3n) is 10.3. The van der Waals surface area contributed by atoms with Crippen LogP contribution in [0.5, 0.6) is 0 Å². The Kier molecular flexibility index (Phi) is 18.6. The fourth-order valence-corrected chi connectivity index (χ4v) is 6.99. The van der Waals surface area contributed by atoms with Crippen molar-refractivity contribution < 1.29 is 4.79 Å². The predicted molar refractivity (Wildman–Crippen MR) is 245 cm³/mol. The minimum absolute atomic E-state index is 0.670. The van der Waals surface area contributed by atoms with Crippen LogP contribution in [-0.2, 0) is 0 Å². The van der Waals surface area contributed by atoms with Crippen molar-refractivity contribution in [2.45, 2.75) is 104 Å². The number of unbranched alkanes of at least 4 members (excludes halogenated alkanes) is 12. The van der Waals surface area contributed by atoms with E-state index in [0.29, 0.717) is 5.56 Å². The molecule has 0 bridgehead atoms. The van der Waals surface area contributed by atoms with Crippen molar-refractivity contribution in [3.05, 3.63) is 150 Å². The summed E-state index contributed by atoms with van der Waals surface area (Å²) in [4.78, 5) is 13.6. The molecule has 0 saturated carbocycles. The smallest absolute Gasteiger partial charge is 0.150 e. The summed E-state index contributed by atoms with van der Waals surface area (Å²) in [6.07, 6.45) is 22.4. The second-order valence-electron chi connectivity index (χ2n) is 14.9. The van der Waals surface area contributed by atoms with Crippen LogP contribution < -0.4 is 14.9 Å². The monoisotopic (exact) mass is 762 g/mol. The van der Waals surface area contributed by atoms with Crippen molar-refractivity contribution in [3.63, 3.8) is 0 Å². The third-order valence-corrected chi connectivity index (χ3v) is 10.3. The maximum absolute atomic E-state index is 11.3. The number of anilines is 5. The van der Waals surface area contributed by atoms with E-state index in [1.807, 2.05) is 36.7 Å². The van der Waals surface area contributed by atoms with Gasteiger partial charge in [-0.3, -0.25) is 14.8 Å². The average Bonchev–Trinajstić information content (AvgIpc) is 3.27. The number of para-hydroxylation sites is 2. The van der Waals surface area contributed by atoms with Gasteiger partial charge in [-0.2, -0.15) is 10.2 Å². The maximum atomic E-state index is 11.3.